The molecule has 17 heavy (non-hydrogen) atoms. The van der Waals surface area contributed by atoms with Gasteiger partial charge >= 0.3 is 0 Å². The average Bonchev–Trinajstić information content (AvgIpc) is 2.72. The van der Waals surface area contributed by atoms with Crippen LogP contribution >= 0.6 is 0 Å². The van der Waals surface area contributed by atoms with E-state index in [0.717, 1.165) is 11.4 Å². The number of anilines is 3. The number of hydrogen-bond acceptors (Lipinski definition) is 6. The van der Waals surface area contributed by atoms with Gasteiger partial charge in [0, 0.05) is 18.4 Å². The van der Waals surface area contributed by atoms with Crippen molar-refractivity contribution in [2.24, 2.45) is 0 Å². The van der Waals surface area contributed by atoms with Crippen LogP contribution in [0.1, 0.15) is 11.4 Å². The topological polar surface area (TPSA) is 105 Å². The molecule has 5 N–H and O–H groups in total. The minimum absolute atomic E-state index is 0.189. The summed E-state index contributed by atoms with van der Waals surface area (Å²) in [6, 6.07) is 4.02. The first kappa shape index (κ1) is 11.2. The number of nitrogen functional groups attached to an aromatic ring is 1. The summed E-state index contributed by atoms with van der Waals surface area (Å²) in [7, 11) is 1.73. The fourth-order valence-electron chi connectivity index (χ4n) is 1.42. The van der Waals surface area contributed by atoms with Crippen molar-refractivity contribution in [2.45, 2.75) is 13.5 Å². The summed E-state index contributed by atoms with van der Waals surface area (Å²) in [5, 5.41) is 5.90. The van der Waals surface area contributed by atoms with Gasteiger partial charge in [-0.1, -0.05) is 0 Å². The number of aryl methyl sites for hydroxylation is 1. The highest BCUT2D eigenvalue weighted by Crippen LogP contribution is 2.08. The van der Waals surface area contributed by atoms with Crippen LogP contribution in [0.4, 0.5) is 17.8 Å². The molecule has 0 atom stereocenters. The monoisotopic (exact) mass is 233 g/mol. The maximum atomic E-state index is 5.56. The Morgan fingerprint density at radius 2 is 2.00 bits per heavy atom. The van der Waals surface area contributed by atoms with Gasteiger partial charge < -0.3 is 21.4 Å². The second-order valence-electron chi connectivity index (χ2n) is 3.61. The summed E-state index contributed by atoms with van der Waals surface area (Å²) >= 11 is 0. The highest BCUT2D eigenvalue weighted by Gasteiger charge is 2.03. The molecule has 7 heteroatoms. The highest BCUT2D eigenvalue weighted by molar-refractivity contribution is 5.39. The van der Waals surface area contributed by atoms with Crippen LogP contribution in [0.15, 0.2) is 12.1 Å². The molecule has 0 unspecified atom stereocenters. The quantitative estimate of drug-likeness (QED) is 0.621. The van der Waals surface area contributed by atoms with Gasteiger partial charge in [-0.05, 0) is 19.1 Å². The van der Waals surface area contributed by atoms with E-state index in [2.05, 4.69) is 30.6 Å². The van der Waals surface area contributed by atoms with Crippen molar-refractivity contribution in [1.29, 1.82) is 0 Å². The molecule has 0 saturated heterocycles. The minimum atomic E-state index is 0.189. The number of rotatable bonds is 4. The van der Waals surface area contributed by atoms with Crippen molar-refractivity contribution in [2.75, 3.05) is 23.4 Å². The molecule has 0 aromatic carbocycles. The summed E-state index contributed by atoms with van der Waals surface area (Å²) in [6.07, 6.45) is 0. The second-order valence-corrected chi connectivity index (χ2v) is 3.61. The van der Waals surface area contributed by atoms with Gasteiger partial charge in [0.25, 0.3) is 0 Å². The third-order valence-corrected chi connectivity index (χ3v) is 2.21. The number of nitrogens with one attached hydrogen (secondary N) is 3. The Labute approximate surface area is 98.9 Å². The van der Waals surface area contributed by atoms with Crippen LogP contribution < -0.4 is 16.4 Å². The number of nitrogens with two attached hydrogens (primary N) is 1. The zero-order valence-electron chi connectivity index (χ0n) is 9.78. The van der Waals surface area contributed by atoms with Gasteiger partial charge in [0.2, 0.25) is 17.8 Å². The van der Waals surface area contributed by atoms with Crippen LogP contribution in [0.3, 0.4) is 0 Å². The Kier molecular flexibility index (Phi) is 3.08. The van der Waals surface area contributed by atoms with E-state index in [4.69, 9.17) is 5.73 Å². The van der Waals surface area contributed by atoms with E-state index in [0.29, 0.717) is 18.4 Å². The maximum Gasteiger partial charge on any atom is 0.229 e. The number of H-pyrrole nitrogens is 1. The van der Waals surface area contributed by atoms with Gasteiger partial charge in [-0.15, -0.1) is 0 Å². The second kappa shape index (κ2) is 4.69. The molecule has 0 aliphatic rings. The summed E-state index contributed by atoms with van der Waals surface area (Å²) in [4.78, 5) is 15.2. The van der Waals surface area contributed by atoms with E-state index < -0.39 is 0 Å². The van der Waals surface area contributed by atoms with E-state index in [1.807, 2.05) is 19.1 Å². The minimum Gasteiger partial charge on any atom is -0.368 e. The Hall–Kier alpha value is -2.31. The van der Waals surface area contributed by atoms with Crippen LogP contribution in [0.2, 0.25) is 0 Å². The molecule has 2 aromatic heterocycles. The van der Waals surface area contributed by atoms with E-state index >= 15 is 0 Å². The summed E-state index contributed by atoms with van der Waals surface area (Å²) < 4.78 is 0. The van der Waals surface area contributed by atoms with E-state index in [-0.39, 0.29) is 5.95 Å². The first-order chi connectivity index (χ1) is 8.17. The van der Waals surface area contributed by atoms with Crippen molar-refractivity contribution in [1.82, 2.24) is 19.9 Å². The molecule has 0 spiro atoms. The van der Waals surface area contributed by atoms with Crippen molar-refractivity contribution >= 4 is 17.8 Å². The Balaban J connectivity index is 2.05. The summed E-state index contributed by atoms with van der Waals surface area (Å²) in [5.41, 5.74) is 7.74. The number of nitrogens with zero attached hydrogens (tertiary/aromatic N) is 3. The largest absolute Gasteiger partial charge is 0.368 e. The third-order valence-electron chi connectivity index (χ3n) is 2.21. The van der Waals surface area contributed by atoms with Crippen molar-refractivity contribution < 1.29 is 0 Å². The van der Waals surface area contributed by atoms with Crippen LogP contribution in [-0.4, -0.2) is 27.0 Å². The molecule has 0 saturated carbocycles. The molecule has 0 fully saturated rings. The summed E-state index contributed by atoms with van der Waals surface area (Å²) in [6.45, 7) is 2.62. The number of aromatic amines is 1. The standard InChI is InChI=1S/C10H15N7/c1-6-3-4-7(14-6)5-13-10-16-8(11)15-9(12-2)17-10/h3-4,14H,5H2,1-2H3,(H4,11,12,13,15,16,17). The SMILES string of the molecule is CNc1nc(N)nc(NCc2ccc(C)[nH]2)n1. The van der Waals surface area contributed by atoms with Gasteiger partial charge in [0.15, 0.2) is 0 Å². The molecule has 0 aliphatic carbocycles. The molecule has 2 aromatic rings. The van der Waals surface area contributed by atoms with Crippen molar-refractivity contribution in [3.8, 4) is 0 Å². The third kappa shape index (κ3) is 2.83. The fraction of sp³-hybridized carbons (Fsp3) is 0.300. The van der Waals surface area contributed by atoms with E-state index in [9.17, 15) is 0 Å². The molecule has 2 rings (SSSR count). The number of aromatic nitrogens is 4. The molecular formula is C10H15N7. The normalized spacial score (nSPS) is 10.2. The Bertz CT molecular complexity index is 505. The van der Waals surface area contributed by atoms with Crippen LogP contribution in [0.5, 0.6) is 0 Å². The molecule has 0 amide bonds. The Morgan fingerprint density at radius 1 is 1.24 bits per heavy atom. The van der Waals surface area contributed by atoms with E-state index in [1.54, 1.807) is 7.05 Å². The molecule has 2 heterocycles. The molecule has 0 aliphatic heterocycles. The maximum absolute atomic E-state index is 5.56. The van der Waals surface area contributed by atoms with Gasteiger partial charge in [-0.2, -0.15) is 15.0 Å². The lowest BCUT2D eigenvalue weighted by atomic mass is 10.4. The first-order valence-electron chi connectivity index (χ1n) is 5.25. The molecular weight excluding hydrogens is 218 g/mol. The number of hydrogen-bond donors (Lipinski definition) is 4. The lowest BCUT2D eigenvalue weighted by Gasteiger charge is -2.05. The van der Waals surface area contributed by atoms with E-state index in [1.165, 1.54) is 0 Å². The molecule has 0 radical (unpaired) electrons. The summed E-state index contributed by atoms with van der Waals surface area (Å²) in [5.74, 6) is 1.09. The molecule has 0 bridgehead atoms. The smallest absolute Gasteiger partial charge is 0.229 e. The predicted octanol–water partition coefficient (Wildman–Crippen LogP) is 0.744. The lowest BCUT2D eigenvalue weighted by Crippen LogP contribution is -2.09. The van der Waals surface area contributed by atoms with Gasteiger partial charge in [-0.25, -0.2) is 0 Å². The first-order valence-corrected chi connectivity index (χ1v) is 5.25. The van der Waals surface area contributed by atoms with Gasteiger partial charge in [-0.3, -0.25) is 0 Å². The van der Waals surface area contributed by atoms with Gasteiger partial charge in [0.05, 0.1) is 6.54 Å². The zero-order valence-corrected chi connectivity index (χ0v) is 9.78. The fourth-order valence-corrected chi connectivity index (χ4v) is 1.42. The zero-order chi connectivity index (χ0) is 12.3. The van der Waals surface area contributed by atoms with Crippen molar-refractivity contribution in [3.05, 3.63) is 23.5 Å². The highest BCUT2D eigenvalue weighted by atomic mass is 15.2. The Morgan fingerprint density at radius 3 is 2.65 bits per heavy atom. The van der Waals surface area contributed by atoms with Crippen LogP contribution in [0, 0.1) is 6.92 Å². The molecule has 7 nitrogen and oxygen atoms in total. The van der Waals surface area contributed by atoms with Crippen LogP contribution in [0.25, 0.3) is 0 Å². The lowest BCUT2D eigenvalue weighted by molar-refractivity contribution is 0.986. The van der Waals surface area contributed by atoms with Gasteiger partial charge in [0.1, 0.15) is 0 Å². The molecule has 90 valence electrons. The average molecular weight is 233 g/mol. The van der Waals surface area contributed by atoms with Crippen molar-refractivity contribution in [3.63, 3.8) is 0 Å². The predicted molar refractivity (Wildman–Crippen MR) is 66.6 cm³/mol. The van der Waals surface area contributed by atoms with Crippen LogP contribution in [-0.2, 0) is 6.54 Å².